The van der Waals surface area contributed by atoms with Crippen LogP contribution in [-0.2, 0) is 4.74 Å². The average molecular weight is 308 g/mol. The number of carbonyl (C=O) groups excluding carboxylic acids is 1. The summed E-state index contributed by atoms with van der Waals surface area (Å²) in [5, 5.41) is 0.934. The van der Waals surface area contributed by atoms with Crippen LogP contribution in [0.15, 0.2) is 28.9 Å². The van der Waals surface area contributed by atoms with Crippen LogP contribution in [-0.4, -0.2) is 18.1 Å². The fraction of sp³-hybridized carbons (Fsp3) is 0.286. The molecule has 0 fully saturated rings. The monoisotopic (exact) mass is 307 g/mol. The normalized spacial score (nSPS) is 10.9. The van der Waals surface area contributed by atoms with Gasteiger partial charge in [-0.05, 0) is 27.4 Å². The second-order valence-electron chi connectivity index (χ2n) is 4.38. The number of hydrogen-bond acceptors (Lipinski definition) is 3. The van der Waals surface area contributed by atoms with Crippen LogP contribution in [0.5, 0.6) is 0 Å². The number of esters is 1. The number of pyridine rings is 1. The van der Waals surface area contributed by atoms with Crippen LogP contribution in [0.1, 0.15) is 35.7 Å². The predicted octanol–water partition coefficient (Wildman–Crippen LogP) is 3.91. The van der Waals surface area contributed by atoms with Gasteiger partial charge in [-0.15, -0.1) is 0 Å². The fourth-order valence-electron chi connectivity index (χ4n) is 1.93. The van der Waals surface area contributed by atoms with E-state index in [1.165, 1.54) is 12.7 Å². The molecule has 1 heterocycles. The van der Waals surface area contributed by atoms with Crippen molar-refractivity contribution in [1.29, 1.82) is 0 Å². The number of para-hydroxylation sites is 1. The molecule has 1 aromatic heterocycles. The molecule has 0 aliphatic heterocycles. The molecule has 0 aliphatic rings. The lowest BCUT2D eigenvalue weighted by molar-refractivity contribution is 0.0599. The van der Waals surface area contributed by atoms with Gasteiger partial charge in [-0.1, -0.05) is 32.0 Å². The van der Waals surface area contributed by atoms with Gasteiger partial charge in [0.15, 0.2) is 0 Å². The number of nitrogens with zero attached hydrogens (tertiary/aromatic N) is 1. The van der Waals surface area contributed by atoms with Crippen LogP contribution in [0.3, 0.4) is 0 Å². The molecule has 0 aliphatic carbocycles. The summed E-state index contributed by atoms with van der Waals surface area (Å²) in [7, 11) is 1.36. The van der Waals surface area contributed by atoms with E-state index in [0.717, 1.165) is 15.4 Å². The SMILES string of the molecule is COC(=O)c1cnc2c(C(C)C)cccc2c1Br. The Kier molecular flexibility index (Phi) is 3.66. The molecule has 2 aromatic rings. The van der Waals surface area contributed by atoms with E-state index in [1.807, 2.05) is 12.1 Å². The van der Waals surface area contributed by atoms with Gasteiger partial charge in [0.1, 0.15) is 0 Å². The Hall–Kier alpha value is -1.42. The molecule has 18 heavy (non-hydrogen) atoms. The maximum absolute atomic E-state index is 11.6. The van der Waals surface area contributed by atoms with Gasteiger partial charge in [0.2, 0.25) is 0 Å². The summed E-state index contributed by atoms with van der Waals surface area (Å²) in [6.45, 7) is 4.25. The van der Waals surface area contributed by atoms with Gasteiger partial charge in [0.05, 0.1) is 18.2 Å². The lowest BCUT2D eigenvalue weighted by Gasteiger charge is -2.11. The third kappa shape index (κ3) is 2.12. The molecule has 0 radical (unpaired) electrons. The van der Waals surface area contributed by atoms with E-state index in [1.54, 1.807) is 6.20 Å². The number of fused-ring (bicyclic) bond motifs is 1. The van der Waals surface area contributed by atoms with Gasteiger partial charge in [0, 0.05) is 16.1 Å². The van der Waals surface area contributed by atoms with E-state index >= 15 is 0 Å². The number of aromatic nitrogens is 1. The van der Waals surface area contributed by atoms with Crippen molar-refractivity contribution in [2.45, 2.75) is 19.8 Å². The zero-order chi connectivity index (χ0) is 13.3. The van der Waals surface area contributed by atoms with E-state index in [2.05, 4.69) is 40.8 Å². The average Bonchev–Trinajstić information content (AvgIpc) is 2.37. The Morgan fingerprint density at radius 2 is 2.11 bits per heavy atom. The molecule has 0 saturated heterocycles. The first kappa shape index (κ1) is 13.0. The summed E-state index contributed by atoms with van der Waals surface area (Å²) in [5.41, 5.74) is 2.54. The van der Waals surface area contributed by atoms with Gasteiger partial charge in [-0.2, -0.15) is 0 Å². The van der Waals surface area contributed by atoms with Crippen LogP contribution >= 0.6 is 15.9 Å². The van der Waals surface area contributed by atoms with E-state index in [4.69, 9.17) is 4.74 Å². The van der Waals surface area contributed by atoms with Crippen molar-refractivity contribution in [3.8, 4) is 0 Å². The smallest absolute Gasteiger partial charge is 0.340 e. The minimum atomic E-state index is -0.383. The number of ether oxygens (including phenoxy) is 1. The second kappa shape index (κ2) is 5.06. The Balaban J connectivity index is 2.73. The summed E-state index contributed by atoms with van der Waals surface area (Å²) in [6, 6.07) is 5.99. The van der Waals surface area contributed by atoms with Crippen molar-refractivity contribution in [3.05, 3.63) is 40.0 Å². The molecule has 0 saturated carbocycles. The standard InChI is InChI=1S/C14H14BrNO2/c1-8(2)9-5-4-6-10-12(15)11(14(17)18-3)7-16-13(9)10/h4-8H,1-3H3. The molecule has 0 spiro atoms. The first-order valence-corrected chi connectivity index (χ1v) is 6.51. The third-order valence-electron chi connectivity index (χ3n) is 2.89. The molecular weight excluding hydrogens is 294 g/mol. The Morgan fingerprint density at radius 3 is 2.72 bits per heavy atom. The summed E-state index contributed by atoms with van der Waals surface area (Å²) in [4.78, 5) is 16.0. The first-order chi connectivity index (χ1) is 8.56. The van der Waals surface area contributed by atoms with Crippen molar-refractivity contribution in [1.82, 2.24) is 4.98 Å². The summed E-state index contributed by atoms with van der Waals surface area (Å²) in [5.74, 6) is 0.00306. The molecule has 2 rings (SSSR count). The topological polar surface area (TPSA) is 39.2 Å². The highest BCUT2D eigenvalue weighted by atomic mass is 79.9. The largest absolute Gasteiger partial charge is 0.465 e. The van der Waals surface area contributed by atoms with Crippen LogP contribution in [0, 0.1) is 0 Å². The molecule has 0 N–H and O–H groups in total. The number of benzene rings is 1. The lowest BCUT2D eigenvalue weighted by atomic mass is 9.99. The molecule has 1 aromatic carbocycles. The molecule has 0 unspecified atom stereocenters. The Morgan fingerprint density at radius 1 is 1.39 bits per heavy atom. The van der Waals surface area contributed by atoms with Crippen molar-refractivity contribution >= 4 is 32.8 Å². The quantitative estimate of drug-likeness (QED) is 0.790. The van der Waals surface area contributed by atoms with Crippen LogP contribution < -0.4 is 0 Å². The minimum absolute atomic E-state index is 0.383. The maximum atomic E-state index is 11.6. The van der Waals surface area contributed by atoms with Gasteiger partial charge in [-0.3, -0.25) is 4.98 Å². The van der Waals surface area contributed by atoms with E-state index in [9.17, 15) is 4.79 Å². The minimum Gasteiger partial charge on any atom is -0.465 e. The van der Waals surface area contributed by atoms with E-state index in [-0.39, 0.29) is 5.97 Å². The zero-order valence-electron chi connectivity index (χ0n) is 10.5. The number of methoxy groups -OCH3 is 1. The van der Waals surface area contributed by atoms with Crippen molar-refractivity contribution < 1.29 is 9.53 Å². The number of carbonyl (C=O) groups is 1. The number of rotatable bonds is 2. The Bertz CT molecular complexity index is 608. The predicted molar refractivity (Wildman–Crippen MR) is 74.9 cm³/mol. The highest BCUT2D eigenvalue weighted by Crippen LogP contribution is 2.31. The van der Waals surface area contributed by atoms with Crippen LogP contribution in [0.4, 0.5) is 0 Å². The van der Waals surface area contributed by atoms with Crippen LogP contribution in [0.2, 0.25) is 0 Å². The van der Waals surface area contributed by atoms with Crippen LogP contribution in [0.25, 0.3) is 10.9 Å². The maximum Gasteiger partial charge on any atom is 0.340 e. The highest BCUT2D eigenvalue weighted by molar-refractivity contribution is 9.10. The lowest BCUT2D eigenvalue weighted by Crippen LogP contribution is -2.04. The third-order valence-corrected chi connectivity index (χ3v) is 3.74. The highest BCUT2D eigenvalue weighted by Gasteiger charge is 2.16. The molecule has 4 heteroatoms. The summed E-state index contributed by atoms with van der Waals surface area (Å²) in [6.07, 6.45) is 1.56. The van der Waals surface area contributed by atoms with E-state index < -0.39 is 0 Å². The second-order valence-corrected chi connectivity index (χ2v) is 5.17. The number of hydrogen-bond donors (Lipinski definition) is 0. The molecule has 0 bridgehead atoms. The van der Waals surface area contributed by atoms with Gasteiger partial charge in [0.25, 0.3) is 0 Å². The summed E-state index contributed by atoms with van der Waals surface area (Å²) >= 11 is 3.47. The zero-order valence-corrected chi connectivity index (χ0v) is 12.1. The van der Waals surface area contributed by atoms with E-state index in [0.29, 0.717) is 11.5 Å². The van der Waals surface area contributed by atoms with Crippen molar-refractivity contribution in [3.63, 3.8) is 0 Å². The molecule has 94 valence electrons. The van der Waals surface area contributed by atoms with Crippen molar-refractivity contribution in [2.24, 2.45) is 0 Å². The molecular formula is C14H14BrNO2. The molecule has 0 atom stereocenters. The molecule has 3 nitrogen and oxygen atoms in total. The summed E-state index contributed by atoms with van der Waals surface area (Å²) < 4.78 is 5.47. The number of halogens is 1. The van der Waals surface area contributed by atoms with Gasteiger partial charge < -0.3 is 4.74 Å². The fourth-order valence-corrected chi connectivity index (χ4v) is 2.52. The van der Waals surface area contributed by atoms with Crippen molar-refractivity contribution in [2.75, 3.05) is 7.11 Å². The Labute approximate surface area is 114 Å². The molecule has 0 amide bonds. The van der Waals surface area contributed by atoms with Gasteiger partial charge in [-0.25, -0.2) is 4.79 Å². The first-order valence-electron chi connectivity index (χ1n) is 5.71. The van der Waals surface area contributed by atoms with Gasteiger partial charge >= 0.3 is 5.97 Å².